The first-order valence-electron chi connectivity index (χ1n) is 6.34. The first-order chi connectivity index (χ1) is 7.74. The molecule has 2 rings (SSSR count). The Kier molecular flexibility index (Phi) is 4.58. The molecule has 1 N–H and O–H groups in total. The van der Waals surface area contributed by atoms with Gasteiger partial charge < -0.3 is 19.5 Å². The standard InChI is InChI=1S/C12H23NO3/c1-13(9-10-7-11(14)8-10)4-3-12-15-5-2-6-16-12/h10-12,14H,2-9H2,1H3. The van der Waals surface area contributed by atoms with E-state index in [9.17, 15) is 5.11 Å². The van der Waals surface area contributed by atoms with Crippen molar-refractivity contribution < 1.29 is 14.6 Å². The third kappa shape index (κ3) is 3.70. The van der Waals surface area contributed by atoms with Crippen molar-refractivity contribution in [2.75, 3.05) is 33.4 Å². The third-order valence-electron chi connectivity index (χ3n) is 3.42. The topological polar surface area (TPSA) is 41.9 Å². The van der Waals surface area contributed by atoms with Crippen LogP contribution in [0.15, 0.2) is 0 Å². The van der Waals surface area contributed by atoms with Crippen molar-refractivity contribution in [3.8, 4) is 0 Å². The molecule has 0 atom stereocenters. The highest BCUT2D eigenvalue weighted by molar-refractivity contribution is 4.80. The lowest BCUT2D eigenvalue weighted by Crippen LogP contribution is -2.38. The minimum atomic E-state index is -0.0385. The van der Waals surface area contributed by atoms with E-state index >= 15 is 0 Å². The van der Waals surface area contributed by atoms with Crippen molar-refractivity contribution in [3.63, 3.8) is 0 Å². The van der Waals surface area contributed by atoms with Crippen LogP contribution in [0, 0.1) is 5.92 Å². The fraction of sp³-hybridized carbons (Fsp3) is 1.00. The van der Waals surface area contributed by atoms with Gasteiger partial charge in [-0.15, -0.1) is 0 Å². The van der Waals surface area contributed by atoms with E-state index in [-0.39, 0.29) is 12.4 Å². The molecule has 0 spiro atoms. The molecule has 0 aromatic heterocycles. The summed E-state index contributed by atoms with van der Waals surface area (Å²) >= 11 is 0. The van der Waals surface area contributed by atoms with Gasteiger partial charge in [-0.05, 0) is 32.2 Å². The predicted molar refractivity (Wildman–Crippen MR) is 61.2 cm³/mol. The molecule has 0 bridgehead atoms. The van der Waals surface area contributed by atoms with Gasteiger partial charge in [-0.1, -0.05) is 0 Å². The highest BCUT2D eigenvalue weighted by Crippen LogP contribution is 2.27. The largest absolute Gasteiger partial charge is 0.393 e. The van der Waals surface area contributed by atoms with E-state index in [2.05, 4.69) is 11.9 Å². The van der Waals surface area contributed by atoms with Crippen molar-refractivity contribution in [3.05, 3.63) is 0 Å². The molecule has 1 heterocycles. The number of hydrogen-bond acceptors (Lipinski definition) is 4. The molecular formula is C12H23NO3. The zero-order chi connectivity index (χ0) is 11.4. The van der Waals surface area contributed by atoms with Crippen LogP contribution >= 0.6 is 0 Å². The van der Waals surface area contributed by atoms with Crippen molar-refractivity contribution in [2.45, 2.75) is 38.1 Å². The molecule has 4 nitrogen and oxygen atoms in total. The SMILES string of the molecule is CN(CCC1OCCCO1)CC1CC(O)C1. The Labute approximate surface area is 97.5 Å². The molecule has 16 heavy (non-hydrogen) atoms. The number of aliphatic hydroxyl groups is 1. The Morgan fingerprint density at radius 1 is 1.25 bits per heavy atom. The van der Waals surface area contributed by atoms with Crippen LogP contribution in [-0.4, -0.2) is 55.8 Å². The van der Waals surface area contributed by atoms with Crippen LogP contribution in [0.5, 0.6) is 0 Å². The van der Waals surface area contributed by atoms with Crippen LogP contribution in [0.4, 0.5) is 0 Å². The lowest BCUT2D eigenvalue weighted by molar-refractivity contribution is -0.182. The maximum Gasteiger partial charge on any atom is 0.158 e. The van der Waals surface area contributed by atoms with E-state index in [0.29, 0.717) is 5.92 Å². The van der Waals surface area contributed by atoms with E-state index in [1.54, 1.807) is 0 Å². The van der Waals surface area contributed by atoms with Crippen LogP contribution in [0.3, 0.4) is 0 Å². The molecule has 0 amide bonds. The summed E-state index contributed by atoms with van der Waals surface area (Å²) in [6.45, 7) is 3.77. The molecule has 1 aliphatic carbocycles. The second-order valence-electron chi connectivity index (χ2n) is 5.07. The highest BCUT2D eigenvalue weighted by atomic mass is 16.7. The lowest BCUT2D eigenvalue weighted by Gasteiger charge is -2.35. The molecule has 94 valence electrons. The van der Waals surface area contributed by atoms with Gasteiger partial charge in [0, 0.05) is 19.5 Å². The van der Waals surface area contributed by atoms with Gasteiger partial charge in [0.15, 0.2) is 6.29 Å². The fourth-order valence-corrected chi connectivity index (χ4v) is 2.41. The van der Waals surface area contributed by atoms with Crippen LogP contribution in [-0.2, 0) is 9.47 Å². The Bertz CT molecular complexity index is 200. The number of ether oxygens (including phenoxy) is 2. The molecule has 1 saturated carbocycles. The van der Waals surface area contributed by atoms with E-state index in [1.807, 2.05) is 0 Å². The first-order valence-corrected chi connectivity index (χ1v) is 6.34. The minimum Gasteiger partial charge on any atom is -0.393 e. The molecule has 0 unspecified atom stereocenters. The highest BCUT2D eigenvalue weighted by Gasteiger charge is 2.28. The number of hydrogen-bond donors (Lipinski definition) is 1. The van der Waals surface area contributed by atoms with Crippen LogP contribution in [0.1, 0.15) is 25.7 Å². The molecule has 1 aliphatic heterocycles. The summed E-state index contributed by atoms with van der Waals surface area (Å²) < 4.78 is 11.0. The van der Waals surface area contributed by atoms with Crippen molar-refractivity contribution >= 4 is 0 Å². The fourth-order valence-electron chi connectivity index (χ4n) is 2.41. The number of rotatable bonds is 5. The summed E-state index contributed by atoms with van der Waals surface area (Å²) in [4.78, 5) is 2.32. The summed E-state index contributed by atoms with van der Waals surface area (Å²) in [6.07, 6.45) is 3.88. The summed E-state index contributed by atoms with van der Waals surface area (Å²) in [6, 6.07) is 0. The van der Waals surface area contributed by atoms with Gasteiger partial charge in [-0.2, -0.15) is 0 Å². The summed E-state index contributed by atoms with van der Waals surface area (Å²) in [5.41, 5.74) is 0. The molecule has 0 aromatic carbocycles. The molecule has 2 aliphatic rings. The Hall–Kier alpha value is -0.160. The summed E-state index contributed by atoms with van der Waals surface area (Å²) in [7, 11) is 2.13. The first kappa shape index (κ1) is 12.3. The smallest absolute Gasteiger partial charge is 0.158 e. The Balaban J connectivity index is 1.54. The van der Waals surface area contributed by atoms with Crippen LogP contribution < -0.4 is 0 Å². The van der Waals surface area contributed by atoms with Crippen LogP contribution in [0.2, 0.25) is 0 Å². The summed E-state index contributed by atoms with van der Waals surface area (Å²) in [5.74, 6) is 0.688. The molecule has 0 radical (unpaired) electrons. The normalized spacial score (nSPS) is 31.7. The van der Waals surface area contributed by atoms with Gasteiger partial charge in [0.2, 0.25) is 0 Å². The van der Waals surface area contributed by atoms with Gasteiger partial charge in [-0.25, -0.2) is 0 Å². The van der Waals surface area contributed by atoms with Gasteiger partial charge >= 0.3 is 0 Å². The maximum atomic E-state index is 9.21. The molecule has 2 fully saturated rings. The lowest BCUT2D eigenvalue weighted by atomic mass is 9.82. The average Bonchev–Trinajstić information content (AvgIpc) is 2.26. The van der Waals surface area contributed by atoms with E-state index < -0.39 is 0 Å². The minimum absolute atomic E-state index is 0.00295. The maximum absolute atomic E-state index is 9.21. The molecule has 4 heteroatoms. The predicted octanol–water partition coefficient (Wildman–Crippen LogP) is 0.842. The summed E-state index contributed by atoms with van der Waals surface area (Å²) in [5, 5.41) is 9.21. The quantitative estimate of drug-likeness (QED) is 0.758. The Morgan fingerprint density at radius 2 is 1.94 bits per heavy atom. The second-order valence-corrected chi connectivity index (χ2v) is 5.07. The van der Waals surface area contributed by atoms with Gasteiger partial charge in [0.05, 0.1) is 19.3 Å². The van der Waals surface area contributed by atoms with E-state index in [1.165, 1.54) is 0 Å². The van der Waals surface area contributed by atoms with Crippen molar-refractivity contribution in [1.82, 2.24) is 4.90 Å². The van der Waals surface area contributed by atoms with E-state index in [0.717, 1.165) is 52.0 Å². The zero-order valence-corrected chi connectivity index (χ0v) is 10.1. The van der Waals surface area contributed by atoms with Gasteiger partial charge in [0.1, 0.15) is 0 Å². The average molecular weight is 229 g/mol. The molecule has 0 aromatic rings. The van der Waals surface area contributed by atoms with Gasteiger partial charge in [-0.3, -0.25) is 0 Å². The number of aliphatic hydroxyl groups excluding tert-OH is 1. The van der Waals surface area contributed by atoms with Crippen LogP contribution in [0.25, 0.3) is 0 Å². The monoisotopic (exact) mass is 229 g/mol. The van der Waals surface area contributed by atoms with E-state index in [4.69, 9.17) is 9.47 Å². The number of nitrogens with zero attached hydrogens (tertiary/aromatic N) is 1. The van der Waals surface area contributed by atoms with Gasteiger partial charge in [0.25, 0.3) is 0 Å². The van der Waals surface area contributed by atoms with Crippen molar-refractivity contribution in [1.29, 1.82) is 0 Å². The second kappa shape index (κ2) is 5.96. The van der Waals surface area contributed by atoms with Crippen molar-refractivity contribution in [2.24, 2.45) is 5.92 Å². The zero-order valence-electron chi connectivity index (χ0n) is 10.1. The molecule has 1 saturated heterocycles. The molecular weight excluding hydrogens is 206 g/mol. The third-order valence-corrected chi connectivity index (χ3v) is 3.42. The Morgan fingerprint density at radius 3 is 2.56 bits per heavy atom.